The molecule has 78 valence electrons. The first-order valence-electron chi connectivity index (χ1n) is 4.61. The van der Waals surface area contributed by atoms with Crippen molar-refractivity contribution < 1.29 is 4.39 Å². The Hall–Kier alpha value is -1.26. The maximum atomic E-state index is 13.2. The number of nitrogens with two attached hydrogens (primary N) is 1. The van der Waals surface area contributed by atoms with Gasteiger partial charge in [-0.2, -0.15) is 0 Å². The van der Waals surface area contributed by atoms with Crippen molar-refractivity contribution in [3.63, 3.8) is 0 Å². The number of aryl methyl sites for hydroxylation is 1. The summed E-state index contributed by atoms with van der Waals surface area (Å²) in [6.45, 7) is 2.29. The molecule has 2 nitrogen and oxygen atoms in total. The molecule has 0 saturated carbocycles. The van der Waals surface area contributed by atoms with Crippen molar-refractivity contribution in [3.8, 4) is 10.6 Å². The van der Waals surface area contributed by atoms with E-state index in [1.807, 2.05) is 18.4 Å². The van der Waals surface area contributed by atoms with Crippen LogP contribution in [-0.4, -0.2) is 4.98 Å². The van der Waals surface area contributed by atoms with Gasteiger partial charge in [-0.05, 0) is 30.7 Å². The summed E-state index contributed by atoms with van der Waals surface area (Å²) in [5, 5.41) is 2.72. The molecule has 2 aromatic rings. The molecule has 1 aromatic carbocycles. The van der Waals surface area contributed by atoms with E-state index in [9.17, 15) is 4.39 Å². The van der Waals surface area contributed by atoms with E-state index in [1.54, 1.807) is 0 Å². The average Bonchev–Trinajstić information content (AvgIpc) is 2.64. The SMILES string of the molecule is Cc1cc(F)cc(-c2nc(CN)cs2)c1. The molecule has 0 bridgehead atoms. The molecular weight excluding hydrogens is 211 g/mol. The minimum Gasteiger partial charge on any atom is -0.325 e. The minimum absolute atomic E-state index is 0.227. The highest BCUT2D eigenvalue weighted by atomic mass is 32.1. The number of thiazole rings is 1. The van der Waals surface area contributed by atoms with Crippen LogP contribution in [0.3, 0.4) is 0 Å². The van der Waals surface area contributed by atoms with Crippen LogP contribution >= 0.6 is 11.3 Å². The van der Waals surface area contributed by atoms with Gasteiger partial charge in [0.25, 0.3) is 0 Å². The van der Waals surface area contributed by atoms with Crippen LogP contribution < -0.4 is 5.73 Å². The van der Waals surface area contributed by atoms with Gasteiger partial charge in [0.05, 0.1) is 5.69 Å². The second-order valence-corrected chi connectivity index (χ2v) is 4.22. The number of hydrogen-bond donors (Lipinski definition) is 1. The third-order valence-corrected chi connectivity index (χ3v) is 2.99. The number of aromatic nitrogens is 1. The van der Waals surface area contributed by atoms with Gasteiger partial charge in [-0.3, -0.25) is 0 Å². The number of hydrogen-bond acceptors (Lipinski definition) is 3. The Kier molecular flexibility index (Phi) is 2.79. The highest BCUT2D eigenvalue weighted by molar-refractivity contribution is 7.13. The number of rotatable bonds is 2. The molecule has 1 aromatic heterocycles. The van der Waals surface area contributed by atoms with Crippen molar-refractivity contribution in [3.05, 3.63) is 40.7 Å². The highest BCUT2D eigenvalue weighted by Crippen LogP contribution is 2.25. The minimum atomic E-state index is -0.227. The van der Waals surface area contributed by atoms with Crippen LogP contribution in [0.1, 0.15) is 11.3 Å². The summed E-state index contributed by atoms with van der Waals surface area (Å²) in [5.74, 6) is -0.227. The summed E-state index contributed by atoms with van der Waals surface area (Å²) in [6.07, 6.45) is 0. The van der Waals surface area contributed by atoms with Crippen LogP contribution in [0.4, 0.5) is 4.39 Å². The van der Waals surface area contributed by atoms with Crippen LogP contribution in [0.25, 0.3) is 10.6 Å². The largest absolute Gasteiger partial charge is 0.325 e. The number of benzene rings is 1. The molecule has 2 N–H and O–H groups in total. The Bertz CT molecular complexity index is 459. The predicted octanol–water partition coefficient (Wildman–Crippen LogP) is 2.72. The summed E-state index contributed by atoms with van der Waals surface area (Å²) >= 11 is 1.49. The summed E-state index contributed by atoms with van der Waals surface area (Å²) < 4.78 is 13.2. The lowest BCUT2D eigenvalue weighted by atomic mass is 10.1. The molecule has 2 rings (SSSR count). The standard InChI is InChI=1S/C11H11FN2S/c1-7-2-8(4-9(12)3-7)11-14-10(5-13)6-15-11/h2-4,6H,5,13H2,1H3. The zero-order valence-corrected chi connectivity index (χ0v) is 9.14. The predicted molar refractivity (Wildman–Crippen MR) is 60.1 cm³/mol. The average molecular weight is 222 g/mol. The van der Waals surface area contributed by atoms with Crippen molar-refractivity contribution in [2.75, 3.05) is 0 Å². The summed E-state index contributed by atoms with van der Waals surface area (Å²) in [6, 6.07) is 4.91. The molecule has 0 aliphatic rings. The van der Waals surface area contributed by atoms with Crippen molar-refractivity contribution in [1.82, 2.24) is 4.98 Å². The molecule has 0 atom stereocenters. The van der Waals surface area contributed by atoms with Crippen molar-refractivity contribution >= 4 is 11.3 Å². The normalized spacial score (nSPS) is 10.6. The van der Waals surface area contributed by atoms with E-state index in [-0.39, 0.29) is 5.82 Å². The van der Waals surface area contributed by atoms with Crippen LogP contribution in [0, 0.1) is 12.7 Å². The van der Waals surface area contributed by atoms with Gasteiger partial charge < -0.3 is 5.73 Å². The molecule has 15 heavy (non-hydrogen) atoms. The van der Waals surface area contributed by atoms with E-state index in [1.165, 1.54) is 23.5 Å². The molecule has 1 heterocycles. The smallest absolute Gasteiger partial charge is 0.124 e. The Labute approximate surface area is 91.6 Å². The fourth-order valence-corrected chi connectivity index (χ4v) is 2.21. The van der Waals surface area contributed by atoms with Crippen LogP contribution in [0.2, 0.25) is 0 Å². The van der Waals surface area contributed by atoms with Gasteiger partial charge in [-0.1, -0.05) is 0 Å². The quantitative estimate of drug-likeness (QED) is 0.848. The molecule has 0 amide bonds. The lowest BCUT2D eigenvalue weighted by Gasteiger charge is -1.99. The molecular formula is C11H11FN2S. The molecule has 0 radical (unpaired) electrons. The van der Waals surface area contributed by atoms with E-state index in [2.05, 4.69) is 4.98 Å². The van der Waals surface area contributed by atoms with Crippen molar-refractivity contribution in [2.45, 2.75) is 13.5 Å². The topological polar surface area (TPSA) is 38.9 Å². The molecule has 0 fully saturated rings. The number of nitrogens with zero attached hydrogens (tertiary/aromatic N) is 1. The van der Waals surface area contributed by atoms with E-state index in [4.69, 9.17) is 5.73 Å². The van der Waals surface area contributed by atoms with E-state index in [0.717, 1.165) is 21.8 Å². The third kappa shape index (κ3) is 2.22. The van der Waals surface area contributed by atoms with Gasteiger partial charge in [-0.15, -0.1) is 11.3 Å². The van der Waals surface area contributed by atoms with Crippen molar-refractivity contribution in [1.29, 1.82) is 0 Å². The zero-order chi connectivity index (χ0) is 10.8. The Morgan fingerprint density at radius 1 is 1.40 bits per heavy atom. The Morgan fingerprint density at radius 2 is 2.20 bits per heavy atom. The van der Waals surface area contributed by atoms with Crippen LogP contribution in [0.5, 0.6) is 0 Å². The van der Waals surface area contributed by atoms with E-state index < -0.39 is 0 Å². The lowest BCUT2D eigenvalue weighted by molar-refractivity contribution is 0.627. The van der Waals surface area contributed by atoms with E-state index in [0.29, 0.717) is 6.54 Å². The molecule has 0 aliphatic carbocycles. The monoisotopic (exact) mass is 222 g/mol. The fourth-order valence-electron chi connectivity index (χ4n) is 1.39. The first-order chi connectivity index (χ1) is 7.19. The summed E-state index contributed by atoms with van der Waals surface area (Å²) in [5.41, 5.74) is 8.03. The fraction of sp³-hybridized carbons (Fsp3) is 0.182. The van der Waals surface area contributed by atoms with E-state index >= 15 is 0 Å². The zero-order valence-electron chi connectivity index (χ0n) is 8.33. The van der Waals surface area contributed by atoms with Gasteiger partial charge >= 0.3 is 0 Å². The maximum Gasteiger partial charge on any atom is 0.124 e. The third-order valence-electron chi connectivity index (χ3n) is 2.05. The molecule has 0 unspecified atom stereocenters. The molecule has 0 aliphatic heterocycles. The highest BCUT2D eigenvalue weighted by Gasteiger charge is 2.05. The van der Waals surface area contributed by atoms with Gasteiger partial charge in [0.15, 0.2) is 0 Å². The van der Waals surface area contributed by atoms with Gasteiger partial charge in [0.2, 0.25) is 0 Å². The molecule has 0 spiro atoms. The molecule has 0 saturated heterocycles. The van der Waals surface area contributed by atoms with Crippen molar-refractivity contribution in [2.24, 2.45) is 5.73 Å². The second-order valence-electron chi connectivity index (χ2n) is 3.37. The van der Waals surface area contributed by atoms with Gasteiger partial charge in [0, 0.05) is 17.5 Å². The Morgan fingerprint density at radius 3 is 2.80 bits per heavy atom. The second kappa shape index (κ2) is 4.08. The van der Waals surface area contributed by atoms with Gasteiger partial charge in [0.1, 0.15) is 10.8 Å². The first kappa shape index (κ1) is 10.3. The molecule has 4 heteroatoms. The summed E-state index contributed by atoms with van der Waals surface area (Å²) in [4.78, 5) is 4.31. The van der Waals surface area contributed by atoms with Crippen LogP contribution in [-0.2, 0) is 6.54 Å². The maximum absolute atomic E-state index is 13.2. The van der Waals surface area contributed by atoms with Crippen LogP contribution in [0.15, 0.2) is 23.6 Å². The first-order valence-corrected chi connectivity index (χ1v) is 5.49. The summed E-state index contributed by atoms with van der Waals surface area (Å²) in [7, 11) is 0. The lowest BCUT2D eigenvalue weighted by Crippen LogP contribution is -1.95. The Balaban J connectivity index is 2.44. The number of halogens is 1. The van der Waals surface area contributed by atoms with Gasteiger partial charge in [-0.25, -0.2) is 9.37 Å².